The number of aromatic nitrogens is 2. The van der Waals surface area contributed by atoms with Crippen molar-refractivity contribution in [3.05, 3.63) is 12.4 Å². The average Bonchev–Trinajstić information content (AvgIpc) is 2.35. The van der Waals surface area contributed by atoms with Gasteiger partial charge in [-0.15, -0.1) is 24.8 Å². The molecule has 0 bridgehead atoms. The van der Waals surface area contributed by atoms with Gasteiger partial charge in [-0.25, -0.2) is 0 Å². The third kappa shape index (κ3) is 4.59. The third-order valence-corrected chi connectivity index (χ3v) is 1.24. The molecule has 0 saturated carbocycles. The first-order chi connectivity index (χ1) is 5.22. The van der Waals surface area contributed by atoms with Gasteiger partial charge in [-0.2, -0.15) is 5.10 Å². The van der Waals surface area contributed by atoms with Crippen LogP contribution in [0, 0.1) is 0 Å². The molecule has 5 nitrogen and oxygen atoms in total. The molecule has 0 aliphatic carbocycles. The molecular formula is C6H12Cl2N4O. The van der Waals surface area contributed by atoms with Gasteiger partial charge in [0.15, 0.2) is 0 Å². The SMILES string of the molecule is CNC(=O)Cn1cc(N)cn1.Cl.Cl. The molecule has 1 aromatic heterocycles. The zero-order valence-electron chi connectivity index (χ0n) is 7.06. The second-order valence-electron chi connectivity index (χ2n) is 2.14. The van der Waals surface area contributed by atoms with E-state index in [1.54, 1.807) is 13.2 Å². The van der Waals surface area contributed by atoms with Crippen molar-refractivity contribution in [2.24, 2.45) is 0 Å². The highest BCUT2D eigenvalue weighted by atomic mass is 35.5. The van der Waals surface area contributed by atoms with Crippen molar-refractivity contribution in [3.63, 3.8) is 0 Å². The summed E-state index contributed by atoms with van der Waals surface area (Å²) in [5, 5.41) is 6.32. The summed E-state index contributed by atoms with van der Waals surface area (Å²) in [5.41, 5.74) is 5.94. The lowest BCUT2D eigenvalue weighted by atomic mass is 10.6. The van der Waals surface area contributed by atoms with Crippen LogP contribution in [0.5, 0.6) is 0 Å². The van der Waals surface area contributed by atoms with Gasteiger partial charge in [-0.3, -0.25) is 9.48 Å². The first-order valence-electron chi connectivity index (χ1n) is 3.21. The van der Waals surface area contributed by atoms with Crippen molar-refractivity contribution in [1.29, 1.82) is 0 Å². The predicted octanol–water partition coefficient (Wildman–Crippen LogP) is 0.0549. The number of carbonyl (C=O) groups excluding carboxylic acids is 1. The molecule has 3 N–H and O–H groups in total. The molecule has 1 heterocycles. The molecule has 0 aromatic carbocycles. The summed E-state index contributed by atoms with van der Waals surface area (Å²) in [5.74, 6) is -0.0897. The summed E-state index contributed by atoms with van der Waals surface area (Å²) < 4.78 is 1.48. The van der Waals surface area contributed by atoms with E-state index in [4.69, 9.17) is 5.73 Å². The minimum atomic E-state index is -0.0897. The first-order valence-corrected chi connectivity index (χ1v) is 3.21. The Morgan fingerprint density at radius 3 is 2.69 bits per heavy atom. The van der Waals surface area contributed by atoms with E-state index < -0.39 is 0 Å². The van der Waals surface area contributed by atoms with Crippen molar-refractivity contribution in [2.75, 3.05) is 12.8 Å². The molecule has 0 spiro atoms. The smallest absolute Gasteiger partial charge is 0.241 e. The van der Waals surface area contributed by atoms with Crippen molar-refractivity contribution < 1.29 is 4.79 Å². The molecule has 1 aromatic rings. The number of halogens is 2. The molecular weight excluding hydrogens is 215 g/mol. The van der Waals surface area contributed by atoms with Gasteiger partial charge in [0.05, 0.1) is 11.9 Å². The van der Waals surface area contributed by atoms with Crippen molar-refractivity contribution >= 4 is 36.4 Å². The van der Waals surface area contributed by atoms with E-state index in [1.165, 1.54) is 10.9 Å². The van der Waals surface area contributed by atoms with E-state index in [0.29, 0.717) is 5.69 Å². The number of nitrogens with zero attached hydrogens (tertiary/aromatic N) is 2. The number of likely N-dealkylation sites (N-methyl/N-ethyl adjacent to an activating group) is 1. The van der Waals surface area contributed by atoms with Crippen LogP contribution in [0.15, 0.2) is 12.4 Å². The van der Waals surface area contributed by atoms with E-state index in [0.717, 1.165) is 0 Å². The van der Waals surface area contributed by atoms with E-state index in [1.807, 2.05) is 0 Å². The Balaban J connectivity index is 0. The number of amides is 1. The summed E-state index contributed by atoms with van der Waals surface area (Å²) in [6, 6.07) is 0. The summed E-state index contributed by atoms with van der Waals surface area (Å²) >= 11 is 0. The quantitative estimate of drug-likeness (QED) is 0.750. The minimum absolute atomic E-state index is 0. The van der Waals surface area contributed by atoms with Gasteiger partial charge >= 0.3 is 0 Å². The van der Waals surface area contributed by atoms with Crippen LogP contribution in [0.4, 0.5) is 5.69 Å². The molecule has 13 heavy (non-hydrogen) atoms. The second kappa shape index (κ2) is 6.56. The molecule has 0 unspecified atom stereocenters. The Hall–Kier alpha value is -0.940. The molecule has 0 saturated heterocycles. The van der Waals surface area contributed by atoms with Crippen LogP contribution < -0.4 is 11.1 Å². The molecule has 1 rings (SSSR count). The van der Waals surface area contributed by atoms with Crippen LogP contribution in [-0.4, -0.2) is 22.7 Å². The van der Waals surface area contributed by atoms with Crippen molar-refractivity contribution in [3.8, 4) is 0 Å². The maximum atomic E-state index is 10.8. The molecule has 76 valence electrons. The Bertz CT molecular complexity index is 263. The number of nitrogens with one attached hydrogen (secondary N) is 1. The Morgan fingerprint density at radius 2 is 2.31 bits per heavy atom. The van der Waals surface area contributed by atoms with E-state index in [9.17, 15) is 4.79 Å². The van der Waals surface area contributed by atoms with Gasteiger partial charge in [-0.1, -0.05) is 0 Å². The van der Waals surface area contributed by atoms with Gasteiger partial charge in [0.1, 0.15) is 6.54 Å². The number of carbonyl (C=O) groups is 1. The molecule has 0 fully saturated rings. The van der Waals surface area contributed by atoms with E-state index in [2.05, 4.69) is 10.4 Å². The fourth-order valence-corrected chi connectivity index (χ4v) is 0.692. The van der Waals surface area contributed by atoms with Gasteiger partial charge in [0.25, 0.3) is 0 Å². The highest BCUT2D eigenvalue weighted by Gasteiger charge is 1.99. The third-order valence-electron chi connectivity index (χ3n) is 1.24. The molecule has 0 aliphatic rings. The Labute approximate surface area is 88.5 Å². The summed E-state index contributed by atoms with van der Waals surface area (Å²) in [7, 11) is 1.58. The van der Waals surface area contributed by atoms with Gasteiger partial charge < -0.3 is 11.1 Å². The second-order valence-corrected chi connectivity index (χ2v) is 2.14. The largest absolute Gasteiger partial charge is 0.396 e. The minimum Gasteiger partial charge on any atom is -0.396 e. The number of nitrogen functional groups attached to an aromatic ring is 1. The number of rotatable bonds is 2. The summed E-state index contributed by atoms with van der Waals surface area (Å²) in [6.45, 7) is 0.216. The monoisotopic (exact) mass is 226 g/mol. The topological polar surface area (TPSA) is 72.9 Å². The standard InChI is InChI=1S/C6H10N4O.2ClH/c1-8-6(11)4-10-3-5(7)2-9-10;;/h2-3H,4,7H2,1H3,(H,8,11);2*1H. The lowest BCUT2D eigenvalue weighted by molar-refractivity contribution is -0.121. The fourth-order valence-electron chi connectivity index (χ4n) is 0.692. The number of hydrogen-bond acceptors (Lipinski definition) is 3. The Kier molecular flexibility index (Phi) is 7.36. The molecule has 0 atom stereocenters. The van der Waals surface area contributed by atoms with Crippen molar-refractivity contribution in [2.45, 2.75) is 6.54 Å². The normalized spacial score (nSPS) is 8.08. The maximum absolute atomic E-state index is 10.8. The van der Waals surface area contributed by atoms with Crippen molar-refractivity contribution in [1.82, 2.24) is 15.1 Å². The van der Waals surface area contributed by atoms with Gasteiger partial charge in [-0.05, 0) is 0 Å². The first kappa shape index (κ1) is 14.6. The van der Waals surface area contributed by atoms with E-state index in [-0.39, 0.29) is 37.3 Å². The molecule has 7 heteroatoms. The molecule has 0 aliphatic heterocycles. The number of hydrogen-bond donors (Lipinski definition) is 2. The highest BCUT2D eigenvalue weighted by molar-refractivity contribution is 5.85. The number of anilines is 1. The van der Waals surface area contributed by atoms with Gasteiger partial charge in [0.2, 0.25) is 5.91 Å². The predicted molar refractivity (Wildman–Crippen MR) is 55.2 cm³/mol. The Morgan fingerprint density at radius 1 is 1.69 bits per heavy atom. The van der Waals surface area contributed by atoms with Crippen LogP contribution in [-0.2, 0) is 11.3 Å². The van der Waals surface area contributed by atoms with Gasteiger partial charge in [0, 0.05) is 13.2 Å². The van der Waals surface area contributed by atoms with Crippen LogP contribution in [0.1, 0.15) is 0 Å². The molecule has 1 amide bonds. The summed E-state index contributed by atoms with van der Waals surface area (Å²) in [6.07, 6.45) is 3.11. The lowest BCUT2D eigenvalue weighted by Gasteiger charge is -1.97. The van der Waals surface area contributed by atoms with E-state index >= 15 is 0 Å². The average molecular weight is 227 g/mol. The highest BCUT2D eigenvalue weighted by Crippen LogP contribution is 1.96. The van der Waals surface area contributed by atoms with Crippen LogP contribution >= 0.6 is 24.8 Å². The van der Waals surface area contributed by atoms with Crippen LogP contribution in [0.2, 0.25) is 0 Å². The molecule has 0 radical (unpaired) electrons. The summed E-state index contributed by atoms with van der Waals surface area (Å²) in [4.78, 5) is 10.8. The van der Waals surface area contributed by atoms with Crippen LogP contribution in [0.3, 0.4) is 0 Å². The zero-order valence-corrected chi connectivity index (χ0v) is 8.69. The fraction of sp³-hybridized carbons (Fsp3) is 0.333. The number of nitrogens with two attached hydrogens (primary N) is 1. The lowest BCUT2D eigenvalue weighted by Crippen LogP contribution is -2.23. The maximum Gasteiger partial charge on any atom is 0.241 e. The van der Waals surface area contributed by atoms with Crippen LogP contribution in [0.25, 0.3) is 0 Å². The zero-order chi connectivity index (χ0) is 8.27.